The van der Waals surface area contributed by atoms with Crippen molar-refractivity contribution >= 4 is 10.8 Å². The summed E-state index contributed by atoms with van der Waals surface area (Å²) in [5, 5.41) is 2.68. The molecule has 5 rings (SSSR count). The molecular formula is C31H35N2+. The van der Waals surface area contributed by atoms with Crippen LogP contribution in [0.2, 0.25) is 0 Å². The predicted molar refractivity (Wildman–Crippen MR) is 138 cm³/mol. The third-order valence-corrected chi connectivity index (χ3v) is 7.86. The van der Waals surface area contributed by atoms with Gasteiger partial charge in [-0.2, -0.15) is 4.57 Å². The van der Waals surface area contributed by atoms with Crippen LogP contribution in [0.4, 0.5) is 0 Å². The van der Waals surface area contributed by atoms with E-state index in [2.05, 4.69) is 92.8 Å². The van der Waals surface area contributed by atoms with Crippen LogP contribution in [0.1, 0.15) is 62.3 Å². The highest BCUT2D eigenvalue weighted by molar-refractivity contribution is 5.95. The van der Waals surface area contributed by atoms with Gasteiger partial charge in [0.1, 0.15) is 7.05 Å². The van der Waals surface area contributed by atoms with E-state index in [1.807, 2.05) is 18.5 Å². The van der Waals surface area contributed by atoms with E-state index in [0.29, 0.717) is 11.3 Å². The topological polar surface area (TPSA) is 16.8 Å². The van der Waals surface area contributed by atoms with Crippen LogP contribution in [-0.2, 0) is 7.05 Å². The monoisotopic (exact) mass is 435 g/mol. The molecule has 1 fully saturated rings. The molecule has 1 aliphatic carbocycles. The number of aromatic nitrogens is 2. The van der Waals surface area contributed by atoms with E-state index in [-0.39, 0.29) is 0 Å². The molecule has 0 aliphatic heterocycles. The second-order valence-corrected chi connectivity index (χ2v) is 10.7. The number of aryl methyl sites for hydroxylation is 2. The number of pyridine rings is 2. The summed E-state index contributed by atoms with van der Waals surface area (Å²) in [6.45, 7) is 9.27. The Morgan fingerprint density at radius 1 is 0.909 bits per heavy atom. The van der Waals surface area contributed by atoms with Gasteiger partial charge in [-0.15, -0.1) is 0 Å². The summed E-state index contributed by atoms with van der Waals surface area (Å²) in [4.78, 5) is 4.33. The fraction of sp³-hybridized carbons (Fsp3) is 0.355. The minimum atomic E-state index is 0.502. The van der Waals surface area contributed by atoms with Gasteiger partial charge in [-0.1, -0.05) is 44.2 Å². The molecule has 0 spiro atoms. The van der Waals surface area contributed by atoms with Crippen molar-refractivity contribution in [3.05, 3.63) is 83.8 Å². The molecule has 0 N–H and O–H groups in total. The second-order valence-electron chi connectivity index (χ2n) is 10.7. The zero-order chi connectivity index (χ0) is 23.2. The molecule has 2 heteroatoms. The first kappa shape index (κ1) is 21.8. The van der Waals surface area contributed by atoms with E-state index in [9.17, 15) is 0 Å². The SMILES string of the molecule is Cc1ccc(-c2cccnc2)cc1-c1c2ccc(C3CCC(C)(C)CC3)cc2cc(C)[n+]1C. The van der Waals surface area contributed by atoms with Gasteiger partial charge in [0.05, 0.1) is 10.9 Å². The fourth-order valence-corrected chi connectivity index (χ4v) is 5.50. The first-order valence-corrected chi connectivity index (χ1v) is 12.3. The third kappa shape index (κ3) is 4.19. The Labute approximate surface area is 198 Å². The predicted octanol–water partition coefficient (Wildman–Crippen LogP) is 7.69. The van der Waals surface area contributed by atoms with Crippen LogP contribution < -0.4 is 4.57 Å². The van der Waals surface area contributed by atoms with E-state index < -0.39 is 0 Å². The van der Waals surface area contributed by atoms with Gasteiger partial charge in [-0.05, 0) is 84.2 Å². The van der Waals surface area contributed by atoms with Crippen molar-refractivity contribution in [3.63, 3.8) is 0 Å². The smallest absolute Gasteiger partial charge is 0.220 e. The molecule has 0 amide bonds. The lowest BCUT2D eigenvalue weighted by Gasteiger charge is -2.34. The van der Waals surface area contributed by atoms with E-state index in [1.165, 1.54) is 70.1 Å². The Hall–Kier alpha value is -3.00. The molecule has 2 heterocycles. The van der Waals surface area contributed by atoms with Crippen LogP contribution in [0, 0.1) is 19.3 Å². The molecule has 0 bridgehead atoms. The second kappa shape index (κ2) is 8.41. The van der Waals surface area contributed by atoms with Crippen LogP contribution in [0.5, 0.6) is 0 Å². The molecule has 168 valence electrons. The summed E-state index contributed by atoms with van der Waals surface area (Å²) in [7, 11) is 2.19. The summed E-state index contributed by atoms with van der Waals surface area (Å²) in [5.74, 6) is 0.691. The Balaban J connectivity index is 1.63. The van der Waals surface area contributed by atoms with Crippen molar-refractivity contribution in [2.45, 2.75) is 59.3 Å². The molecule has 0 unspecified atom stereocenters. The van der Waals surface area contributed by atoms with Crippen molar-refractivity contribution in [2.24, 2.45) is 12.5 Å². The van der Waals surface area contributed by atoms with Crippen molar-refractivity contribution in [1.29, 1.82) is 0 Å². The van der Waals surface area contributed by atoms with Crippen molar-refractivity contribution in [1.82, 2.24) is 4.98 Å². The lowest BCUT2D eigenvalue weighted by atomic mass is 9.71. The number of hydrogen-bond acceptors (Lipinski definition) is 1. The van der Waals surface area contributed by atoms with Crippen LogP contribution in [0.25, 0.3) is 33.2 Å². The maximum absolute atomic E-state index is 4.33. The van der Waals surface area contributed by atoms with Crippen LogP contribution in [-0.4, -0.2) is 4.98 Å². The normalized spacial score (nSPS) is 16.3. The average molecular weight is 436 g/mol. The van der Waals surface area contributed by atoms with Crippen LogP contribution in [0.15, 0.2) is 67.0 Å². The molecule has 2 aromatic carbocycles. The Morgan fingerprint density at radius 3 is 2.42 bits per heavy atom. The zero-order valence-electron chi connectivity index (χ0n) is 20.7. The molecular weight excluding hydrogens is 400 g/mol. The number of fused-ring (bicyclic) bond motifs is 1. The Bertz CT molecular complexity index is 1310. The van der Waals surface area contributed by atoms with E-state index in [4.69, 9.17) is 0 Å². The number of benzene rings is 2. The first-order valence-electron chi connectivity index (χ1n) is 12.3. The van der Waals surface area contributed by atoms with Gasteiger partial charge in [-0.3, -0.25) is 4.98 Å². The molecule has 1 saturated carbocycles. The minimum absolute atomic E-state index is 0.502. The van der Waals surface area contributed by atoms with Gasteiger partial charge in [0.2, 0.25) is 5.69 Å². The van der Waals surface area contributed by atoms with Gasteiger partial charge in [-0.25, -0.2) is 0 Å². The molecule has 1 aliphatic rings. The highest BCUT2D eigenvalue weighted by atomic mass is 14.9. The lowest BCUT2D eigenvalue weighted by Crippen LogP contribution is -2.35. The maximum Gasteiger partial charge on any atom is 0.220 e. The van der Waals surface area contributed by atoms with Crippen molar-refractivity contribution < 1.29 is 4.57 Å². The minimum Gasteiger partial charge on any atom is -0.264 e. The van der Waals surface area contributed by atoms with E-state index in [0.717, 1.165) is 5.56 Å². The quantitative estimate of drug-likeness (QED) is 0.301. The van der Waals surface area contributed by atoms with E-state index >= 15 is 0 Å². The fourth-order valence-electron chi connectivity index (χ4n) is 5.50. The summed E-state index contributed by atoms with van der Waals surface area (Å²) in [5.41, 5.74) is 9.54. The van der Waals surface area contributed by atoms with Gasteiger partial charge < -0.3 is 0 Å². The lowest BCUT2D eigenvalue weighted by molar-refractivity contribution is -0.665. The highest BCUT2D eigenvalue weighted by Gasteiger charge is 2.28. The molecule has 2 nitrogen and oxygen atoms in total. The molecule has 0 radical (unpaired) electrons. The standard InChI is InChI=1S/C31H35N2/c1-21-8-9-25(26-7-6-16-32-20-26)19-29(21)30-28-11-10-24(18-27(28)17-22(2)33(30)5)23-12-14-31(3,4)15-13-23/h6-11,16-20,23H,12-15H2,1-5H3/q+1. The van der Waals surface area contributed by atoms with Crippen molar-refractivity contribution in [2.75, 3.05) is 0 Å². The van der Waals surface area contributed by atoms with Gasteiger partial charge in [0.15, 0.2) is 5.69 Å². The summed E-state index contributed by atoms with van der Waals surface area (Å²) in [6.07, 6.45) is 9.03. The number of rotatable bonds is 3. The highest BCUT2D eigenvalue weighted by Crippen LogP contribution is 2.43. The average Bonchev–Trinajstić information content (AvgIpc) is 2.81. The Morgan fingerprint density at radius 2 is 1.70 bits per heavy atom. The molecule has 0 saturated heterocycles. The van der Waals surface area contributed by atoms with E-state index in [1.54, 1.807) is 0 Å². The van der Waals surface area contributed by atoms with Crippen LogP contribution in [0.3, 0.4) is 0 Å². The van der Waals surface area contributed by atoms with Gasteiger partial charge in [0, 0.05) is 30.9 Å². The summed E-state index contributed by atoms with van der Waals surface area (Å²) in [6, 6.07) is 20.5. The maximum atomic E-state index is 4.33. The Kier molecular flexibility index (Phi) is 5.56. The molecule has 0 atom stereocenters. The van der Waals surface area contributed by atoms with Crippen molar-refractivity contribution in [3.8, 4) is 22.4 Å². The molecule has 4 aromatic rings. The third-order valence-electron chi connectivity index (χ3n) is 7.86. The number of nitrogens with zero attached hydrogens (tertiary/aromatic N) is 2. The zero-order valence-corrected chi connectivity index (χ0v) is 20.7. The van der Waals surface area contributed by atoms with Gasteiger partial charge >= 0.3 is 0 Å². The first-order chi connectivity index (χ1) is 15.8. The molecule has 2 aromatic heterocycles. The summed E-state index contributed by atoms with van der Waals surface area (Å²) < 4.78 is 2.35. The number of hydrogen-bond donors (Lipinski definition) is 0. The van der Waals surface area contributed by atoms with Crippen LogP contribution >= 0.6 is 0 Å². The summed E-state index contributed by atoms with van der Waals surface area (Å²) >= 11 is 0. The molecule has 33 heavy (non-hydrogen) atoms. The largest absolute Gasteiger partial charge is 0.264 e. The van der Waals surface area contributed by atoms with Gasteiger partial charge in [0.25, 0.3) is 0 Å².